The maximum Gasteiger partial charge on any atom is 0.255 e. The molecule has 0 aromatic heterocycles. The van der Waals surface area contributed by atoms with Gasteiger partial charge in [0.15, 0.2) is 0 Å². The Bertz CT molecular complexity index is 1070. The molecule has 0 saturated carbocycles. The molecule has 1 N–H and O–H groups in total. The zero-order valence-electron chi connectivity index (χ0n) is 17.0. The monoisotopic (exact) mass is 398 g/mol. The van der Waals surface area contributed by atoms with Gasteiger partial charge in [-0.25, -0.2) is 0 Å². The minimum absolute atomic E-state index is 0.00849. The highest BCUT2D eigenvalue weighted by Crippen LogP contribution is 2.21. The highest BCUT2D eigenvalue weighted by Gasteiger charge is 2.20. The SMILES string of the molecule is O=C(/C=C/c1cccc2ccccc12)Nc1ccccc1C(=O)N1CCCCCC1. The normalized spacial score (nSPS) is 14.6. The number of benzene rings is 3. The van der Waals surface area contributed by atoms with Crippen LogP contribution in [-0.2, 0) is 4.79 Å². The molecule has 1 saturated heterocycles. The molecule has 0 unspecified atom stereocenters. The van der Waals surface area contributed by atoms with E-state index >= 15 is 0 Å². The third kappa shape index (κ3) is 4.60. The predicted molar refractivity (Wildman–Crippen MR) is 122 cm³/mol. The molecule has 0 spiro atoms. The molecule has 1 heterocycles. The Hall–Kier alpha value is -3.40. The van der Waals surface area contributed by atoms with E-state index in [0.29, 0.717) is 11.3 Å². The van der Waals surface area contributed by atoms with E-state index in [1.54, 1.807) is 12.1 Å². The van der Waals surface area contributed by atoms with E-state index in [9.17, 15) is 9.59 Å². The number of fused-ring (bicyclic) bond motifs is 1. The van der Waals surface area contributed by atoms with Crippen molar-refractivity contribution < 1.29 is 9.59 Å². The van der Waals surface area contributed by atoms with Crippen LogP contribution in [0.3, 0.4) is 0 Å². The summed E-state index contributed by atoms with van der Waals surface area (Å²) in [7, 11) is 0. The van der Waals surface area contributed by atoms with E-state index in [-0.39, 0.29) is 11.8 Å². The molecule has 152 valence electrons. The summed E-state index contributed by atoms with van der Waals surface area (Å²) in [6.45, 7) is 1.56. The number of hydrogen-bond acceptors (Lipinski definition) is 2. The van der Waals surface area contributed by atoms with Crippen LogP contribution in [0.4, 0.5) is 5.69 Å². The fourth-order valence-corrected chi connectivity index (χ4v) is 3.96. The Morgan fingerprint density at radius 2 is 1.50 bits per heavy atom. The van der Waals surface area contributed by atoms with Crippen LogP contribution in [0.1, 0.15) is 41.6 Å². The van der Waals surface area contributed by atoms with Gasteiger partial charge in [-0.15, -0.1) is 0 Å². The van der Waals surface area contributed by atoms with Gasteiger partial charge in [-0.05, 0) is 47.4 Å². The van der Waals surface area contributed by atoms with Gasteiger partial charge in [0.2, 0.25) is 5.91 Å². The molecule has 0 bridgehead atoms. The first kappa shape index (κ1) is 19.9. The van der Waals surface area contributed by atoms with Gasteiger partial charge in [-0.3, -0.25) is 9.59 Å². The Labute approximate surface area is 177 Å². The second-order valence-corrected chi connectivity index (χ2v) is 7.64. The summed E-state index contributed by atoms with van der Waals surface area (Å²) in [6, 6.07) is 21.4. The number of likely N-dealkylation sites (tertiary alicyclic amines) is 1. The quantitative estimate of drug-likeness (QED) is 0.589. The Balaban J connectivity index is 1.51. The summed E-state index contributed by atoms with van der Waals surface area (Å²) in [5.41, 5.74) is 2.09. The number of nitrogens with one attached hydrogen (secondary N) is 1. The molecule has 4 rings (SSSR count). The third-order valence-corrected chi connectivity index (χ3v) is 5.55. The van der Waals surface area contributed by atoms with Crippen molar-refractivity contribution in [2.75, 3.05) is 18.4 Å². The summed E-state index contributed by atoms with van der Waals surface area (Å²) in [4.78, 5) is 27.5. The van der Waals surface area contributed by atoms with Gasteiger partial charge in [0, 0.05) is 19.2 Å². The number of amides is 2. The highest BCUT2D eigenvalue weighted by atomic mass is 16.2. The molecular formula is C26H26N2O2. The van der Waals surface area contributed by atoms with Crippen LogP contribution in [0.15, 0.2) is 72.8 Å². The molecule has 1 aliphatic rings. The van der Waals surface area contributed by atoms with Crippen molar-refractivity contribution in [3.05, 3.63) is 83.9 Å². The summed E-state index contributed by atoms with van der Waals surface area (Å²) in [5, 5.41) is 5.12. The second-order valence-electron chi connectivity index (χ2n) is 7.64. The molecule has 30 heavy (non-hydrogen) atoms. The number of carbonyl (C=O) groups is 2. The lowest BCUT2D eigenvalue weighted by molar-refractivity contribution is -0.111. The molecule has 3 aromatic carbocycles. The van der Waals surface area contributed by atoms with Crippen molar-refractivity contribution in [2.24, 2.45) is 0 Å². The van der Waals surface area contributed by atoms with Crippen LogP contribution in [-0.4, -0.2) is 29.8 Å². The largest absolute Gasteiger partial charge is 0.339 e. The minimum Gasteiger partial charge on any atom is -0.339 e. The zero-order valence-corrected chi connectivity index (χ0v) is 17.0. The van der Waals surface area contributed by atoms with E-state index in [1.165, 1.54) is 18.9 Å². The molecule has 0 aliphatic carbocycles. The lowest BCUT2D eigenvalue weighted by atomic mass is 10.0. The van der Waals surface area contributed by atoms with Crippen LogP contribution in [0.5, 0.6) is 0 Å². The molecule has 3 aromatic rings. The van der Waals surface area contributed by atoms with Gasteiger partial charge in [-0.1, -0.05) is 67.4 Å². The second kappa shape index (κ2) is 9.40. The van der Waals surface area contributed by atoms with E-state index in [2.05, 4.69) is 17.4 Å². The number of rotatable bonds is 4. The predicted octanol–water partition coefficient (Wildman–Crippen LogP) is 5.51. The lowest BCUT2D eigenvalue weighted by Crippen LogP contribution is -2.32. The van der Waals surface area contributed by atoms with Crippen LogP contribution in [0, 0.1) is 0 Å². The fourth-order valence-electron chi connectivity index (χ4n) is 3.96. The fraction of sp³-hybridized carbons (Fsp3) is 0.231. The Morgan fingerprint density at radius 3 is 2.33 bits per heavy atom. The zero-order chi connectivity index (χ0) is 20.8. The first-order chi connectivity index (χ1) is 14.7. The molecule has 4 heteroatoms. The van der Waals surface area contributed by atoms with E-state index < -0.39 is 0 Å². The average Bonchev–Trinajstić information content (AvgIpc) is 3.07. The summed E-state index contributed by atoms with van der Waals surface area (Å²) in [5.74, 6) is -0.259. The highest BCUT2D eigenvalue weighted by molar-refractivity contribution is 6.08. The Morgan fingerprint density at radius 1 is 0.800 bits per heavy atom. The Kier molecular flexibility index (Phi) is 6.23. The van der Waals surface area contributed by atoms with Gasteiger partial charge < -0.3 is 10.2 Å². The number of hydrogen-bond donors (Lipinski definition) is 1. The molecule has 1 fully saturated rings. The van der Waals surface area contributed by atoms with Crippen molar-refractivity contribution in [3.63, 3.8) is 0 Å². The van der Waals surface area contributed by atoms with Crippen molar-refractivity contribution in [1.29, 1.82) is 0 Å². The van der Waals surface area contributed by atoms with Crippen molar-refractivity contribution >= 4 is 34.4 Å². The lowest BCUT2D eigenvalue weighted by Gasteiger charge is -2.21. The molecule has 1 aliphatic heterocycles. The average molecular weight is 399 g/mol. The molecule has 0 radical (unpaired) electrons. The van der Waals surface area contributed by atoms with Crippen LogP contribution < -0.4 is 5.32 Å². The van der Waals surface area contributed by atoms with E-state index in [4.69, 9.17) is 0 Å². The molecule has 0 atom stereocenters. The van der Waals surface area contributed by atoms with Gasteiger partial charge in [0.1, 0.15) is 0 Å². The molecule has 4 nitrogen and oxygen atoms in total. The maximum absolute atomic E-state index is 13.0. The first-order valence-corrected chi connectivity index (χ1v) is 10.6. The van der Waals surface area contributed by atoms with Gasteiger partial charge in [0.25, 0.3) is 5.91 Å². The maximum atomic E-state index is 13.0. The summed E-state index contributed by atoms with van der Waals surface area (Å²) in [6.07, 6.45) is 7.75. The number of carbonyl (C=O) groups excluding carboxylic acids is 2. The van der Waals surface area contributed by atoms with E-state index in [1.807, 2.05) is 53.4 Å². The van der Waals surface area contributed by atoms with Gasteiger partial charge in [-0.2, -0.15) is 0 Å². The summed E-state index contributed by atoms with van der Waals surface area (Å²) >= 11 is 0. The van der Waals surface area contributed by atoms with Crippen LogP contribution in [0.25, 0.3) is 16.8 Å². The van der Waals surface area contributed by atoms with Gasteiger partial charge >= 0.3 is 0 Å². The number of anilines is 1. The number of nitrogens with zero attached hydrogens (tertiary/aromatic N) is 1. The van der Waals surface area contributed by atoms with Crippen molar-refractivity contribution in [3.8, 4) is 0 Å². The first-order valence-electron chi connectivity index (χ1n) is 10.6. The van der Waals surface area contributed by atoms with Crippen LogP contribution >= 0.6 is 0 Å². The van der Waals surface area contributed by atoms with E-state index in [0.717, 1.165) is 42.3 Å². The van der Waals surface area contributed by atoms with Gasteiger partial charge in [0.05, 0.1) is 11.3 Å². The standard InChI is InChI=1S/C26H26N2O2/c29-25(17-16-21-12-9-11-20-10-3-4-13-22(20)21)27-24-15-6-5-14-23(24)26(30)28-18-7-1-2-8-19-28/h3-6,9-17H,1-2,7-8,18-19H2,(H,27,29)/b17-16+. The molecule has 2 amide bonds. The molecular weight excluding hydrogens is 372 g/mol. The van der Waals surface area contributed by atoms with Crippen LogP contribution in [0.2, 0.25) is 0 Å². The third-order valence-electron chi connectivity index (χ3n) is 5.55. The smallest absolute Gasteiger partial charge is 0.255 e. The number of para-hydroxylation sites is 1. The summed E-state index contributed by atoms with van der Waals surface area (Å²) < 4.78 is 0. The van der Waals surface area contributed by atoms with Crippen molar-refractivity contribution in [1.82, 2.24) is 4.90 Å². The topological polar surface area (TPSA) is 49.4 Å². The minimum atomic E-state index is -0.251. The van der Waals surface area contributed by atoms with Crippen molar-refractivity contribution in [2.45, 2.75) is 25.7 Å².